The minimum Gasteiger partial charge on any atom is -0.308 e. The fourth-order valence-corrected chi connectivity index (χ4v) is 1.23. The molecular weight excluding hydrogens is 148 g/mol. The number of likely N-dealkylation sites (N-methyl/N-ethyl adjacent to an activating group) is 2. The van der Waals surface area contributed by atoms with E-state index >= 15 is 0 Å². The maximum absolute atomic E-state index is 3.94. The van der Waals surface area contributed by atoms with Crippen LogP contribution in [0.25, 0.3) is 0 Å². The van der Waals surface area contributed by atoms with Crippen molar-refractivity contribution < 1.29 is 0 Å². The summed E-state index contributed by atoms with van der Waals surface area (Å²) in [6, 6.07) is 0.595. The third-order valence-electron chi connectivity index (χ3n) is 1.89. The quantitative estimate of drug-likeness (QED) is 0.576. The summed E-state index contributed by atoms with van der Waals surface area (Å²) in [5.74, 6) is 0. The van der Waals surface area contributed by atoms with Gasteiger partial charge in [0, 0.05) is 12.6 Å². The Bertz CT molecular complexity index is 139. The van der Waals surface area contributed by atoms with Crippen molar-refractivity contribution in [3.05, 3.63) is 12.2 Å². The molecule has 0 saturated heterocycles. The largest absolute Gasteiger partial charge is 0.308 e. The van der Waals surface area contributed by atoms with E-state index in [1.54, 1.807) is 0 Å². The molecule has 72 valence electrons. The van der Waals surface area contributed by atoms with Crippen molar-refractivity contribution in [3.63, 3.8) is 0 Å². The Hall–Kier alpha value is -0.340. The topological polar surface area (TPSA) is 6.48 Å². The summed E-state index contributed by atoms with van der Waals surface area (Å²) >= 11 is 0. The van der Waals surface area contributed by atoms with Gasteiger partial charge < -0.3 is 9.80 Å². The van der Waals surface area contributed by atoms with Crippen molar-refractivity contribution in [1.29, 1.82) is 0 Å². The summed E-state index contributed by atoms with van der Waals surface area (Å²) in [5.41, 5.74) is 1.26. The van der Waals surface area contributed by atoms with Gasteiger partial charge in [0.25, 0.3) is 0 Å². The minimum absolute atomic E-state index is 0.595. The van der Waals surface area contributed by atoms with E-state index in [4.69, 9.17) is 0 Å². The molecule has 12 heavy (non-hydrogen) atoms. The van der Waals surface area contributed by atoms with E-state index in [0.29, 0.717) is 6.04 Å². The highest BCUT2D eigenvalue weighted by atomic mass is 15.2. The van der Waals surface area contributed by atoms with Gasteiger partial charge in [-0.3, -0.25) is 0 Å². The zero-order valence-corrected chi connectivity index (χ0v) is 9.09. The first-order chi connectivity index (χ1) is 5.43. The number of hydrogen-bond donors (Lipinski definition) is 0. The Morgan fingerprint density at radius 3 is 2.00 bits per heavy atom. The van der Waals surface area contributed by atoms with Crippen molar-refractivity contribution in [2.45, 2.75) is 19.4 Å². The molecule has 0 saturated carbocycles. The van der Waals surface area contributed by atoms with Crippen molar-refractivity contribution in [3.8, 4) is 0 Å². The fourth-order valence-electron chi connectivity index (χ4n) is 1.23. The van der Waals surface area contributed by atoms with Gasteiger partial charge in [0.15, 0.2) is 0 Å². The first-order valence-corrected chi connectivity index (χ1v) is 4.39. The molecule has 1 atom stereocenters. The molecule has 0 fully saturated rings. The molecular formula is C10H22N2. The van der Waals surface area contributed by atoms with Crippen LogP contribution in [0.4, 0.5) is 0 Å². The monoisotopic (exact) mass is 170 g/mol. The molecule has 0 amide bonds. The molecule has 2 heteroatoms. The first-order valence-electron chi connectivity index (χ1n) is 4.39. The van der Waals surface area contributed by atoms with E-state index in [1.165, 1.54) is 5.57 Å². The van der Waals surface area contributed by atoms with Gasteiger partial charge in [-0.1, -0.05) is 5.57 Å². The molecule has 0 aromatic carbocycles. The van der Waals surface area contributed by atoms with Gasteiger partial charge in [-0.05, 0) is 41.5 Å². The van der Waals surface area contributed by atoms with Crippen LogP contribution in [-0.2, 0) is 0 Å². The Labute approximate surface area is 76.9 Å². The maximum Gasteiger partial charge on any atom is 0.0253 e. The SMILES string of the molecule is C=C(C)CC(CN(C)C)N(C)C. The molecule has 0 aliphatic heterocycles. The predicted molar refractivity (Wildman–Crippen MR) is 55.5 cm³/mol. The van der Waals surface area contributed by atoms with E-state index in [2.05, 4.69) is 51.5 Å². The number of nitrogens with zero attached hydrogens (tertiary/aromatic N) is 2. The molecule has 1 unspecified atom stereocenters. The Kier molecular flexibility index (Phi) is 5.18. The molecule has 0 rings (SSSR count). The van der Waals surface area contributed by atoms with Gasteiger partial charge in [0.1, 0.15) is 0 Å². The van der Waals surface area contributed by atoms with Crippen LogP contribution in [0.3, 0.4) is 0 Å². The molecule has 0 aromatic heterocycles. The van der Waals surface area contributed by atoms with Crippen LogP contribution in [-0.4, -0.2) is 50.6 Å². The maximum atomic E-state index is 3.94. The first kappa shape index (κ1) is 11.7. The molecule has 0 bridgehead atoms. The summed E-state index contributed by atoms with van der Waals surface area (Å²) in [6.45, 7) is 7.13. The van der Waals surface area contributed by atoms with Gasteiger partial charge in [-0.25, -0.2) is 0 Å². The average Bonchev–Trinajstić information content (AvgIpc) is 1.83. The van der Waals surface area contributed by atoms with E-state index in [-0.39, 0.29) is 0 Å². The van der Waals surface area contributed by atoms with Gasteiger partial charge in [0.05, 0.1) is 0 Å². The van der Waals surface area contributed by atoms with Crippen LogP contribution in [0.5, 0.6) is 0 Å². The van der Waals surface area contributed by atoms with Crippen LogP contribution >= 0.6 is 0 Å². The minimum atomic E-state index is 0.595. The molecule has 0 aliphatic carbocycles. The van der Waals surface area contributed by atoms with Crippen LogP contribution in [0.1, 0.15) is 13.3 Å². The second-order valence-electron chi connectivity index (χ2n) is 4.04. The highest BCUT2D eigenvalue weighted by Gasteiger charge is 2.11. The molecule has 0 heterocycles. The van der Waals surface area contributed by atoms with Crippen LogP contribution in [0, 0.1) is 0 Å². The Balaban J connectivity index is 3.95. The van der Waals surface area contributed by atoms with Gasteiger partial charge in [-0.15, -0.1) is 6.58 Å². The van der Waals surface area contributed by atoms with Crippen LogP contribution < -0.4 is 0 Å². The molecule has 0 aliphatic rings. The highest BCUT2D eigenvalue weighted by Crippen LogP contribution is 2.07. The van der Waals surface area contributed by atoms with E-state index in [9.17, 15) is 0 Å². The second kappa shape index (κ2) is 5.33. The normalized spacial score (nSPS) is 13.9. The molecule has 0 radical (unpaired) electrons. The lowest BCUT2D eigenvalue weighted by Crippen LogP contribution is -2.37. The van der Waals surface area contributed by atoms with E-state index in [1.807, 2.05) is 0 Å². The summed E-state index contributed by atoms with van der Waals surface area (Å²) in [7, 11) is 8.46. The van der Waals surface area contributed by atoms with Crippen molar-refractivity contribution >= 4 is 0 Å². The molecule has 0 spiro atoms. The summed E-state index contributed by atoms with van der Waals surface area (Å²) < 4.78 is 0. The molecule has 0 aromatic rings. The zero-order valence-electron chi connectivity index (χ0n) is 9.09. The smallest absolute Gasteiger partial charge is 0.0253 e. The van der Waals surface area contributed by atoms with Crippen molar-refractivity contribution in [1.82, 2.24) is 9.80 Å². The summed E-state index contributed by atoms with van der Waals surface area (Å²) in [4.78, 5) is 4.47. The van der Waals surface area contributed by atoms with E-state index < -0.39 is 0 Å². The van der Waals surface area contributed by atoms with Crippen molar-refractivity contribution in [2.75, 3.05) is 34.7 Å². The number of hydrogen-bond acceptors (Lipinski definition) is 2. The fraction of sp³-hybridized carbons (Fsp3) is 0.800. The molecule has 2 nitrogen and oxygen atoms in total. The third-order valence-corrected chi connectivity index (χ3v) is 1.89. The molecule has 0 N–H and O–H groups in total. The Morgan fingerprint density at radius 2 is 1.75 bits per heavy atom. The third kappa shape index (κ3) is 5.33. The van der Waals surface area contributed by atoms with Crippen molar-refractivity contribution in [2.24, 2.45) is 0 Å². The van der Waals surface area contributed by atoms with Crippen LogP contribution in [0.2, 0.25) is 0 Å². The lowest BCUT2D eigenvalue weighted by atomic mass is 10.1. The van der Waals surface area contributed by atoms with Gasteiger partial charge in [-0.2, -0.15) is 0 Å². The summed E-state index contributed by atoms with van der Waals surface area (Å²) in [5, 5.41) is 0. The standard InChI is InChI=1S/C10H22N2/c1-9(2)7-10(12(5)6)8-11(3)4/h10H,1,7-8H2,2-6H3. The lowest BCUT2D eigenvalue weighted by molar-refractivity contribution is 0.227. The average molecular weight is 170 g/mol. The van der Waals surface area contributed by atoms with Crippen LogP contribution in [0.15, 0.2) is 12.2 Å². The predicted octanol–water partition coefficient (Wildman–Crippen LogP) is 1.44. The van der Waals surface area contributed by atoms with Gasteiger partial charge in [0.2, 0.25) is 0 Å². The highest BCUT2D eigenvalue weighted by molar-refractivity contribution is 4.93. The van der Waals surface area contributed by atoms with E-state index in [0.717, 1.165) is 13.0 Å². The second-order valence-corrected chi connectivity index (χ2v) is 4.04. The Morgan fingerprint density at radius 1 is 1.25 bits per heavy atom. The summed E-state index contributed by atoms with van der Waals surface area (Å²) in [6.07, 6.45) is 1.09. The van der Waals surface area contributed by atoms with Gasteiger partial charge >= 0.3 is 0 Å². The lowest BCUT2D eigenvalue weighted by Gasteiger charge is -2.27. The number of rotatable bonds is 5. The zero-order chi connectivity index (χ0) is 9.72.